The number of hydrogen-bond donors (Lipinski definition) is 2. The van der Waals surface area contributed by atoms with Crippen LogP contribution in [0.15, 0.2) is 30.6 Å². The minimum Gasteiger partial charge on any atom is -0.491 e. The van der Waals surface area contributed by atoms with E-state index in [0.717, 1.165) is 35.5 Å². The number of hydrogen-bond acceptors (Lipinski definition) is 6. The highest BCUT2D eigenvalue weighted by Gasteiger charge is 2.36. The molecule has 0 bridgehead atoms. The summed E-state index contributed by atoms with van der Waals surface area (Å²) in [5, 5.41) is 4.66. The summed E-state index contributed by atoms with van der Waals surface area (Å²) in [5.74, 6) is 1.71. The SMILES string of the molecule is Fc1ccc2c(c1)OC[C@@H](N1CCOCC1)[C@@H]2Nc1ncnc2[nH]c(C3CC3)cc12. The average molecular weight is 409 g/mol. The Kier molecular flexibility index (Phi) is 4.35. The Bertz CT molecular complexity index is 1080. The molecule has 8 heteroatoms. The molecule has 3 aliphatic rings. The number of benzene rings is 1. The molecule has 2 aliphatic heterocycles. The topological polar surface area (TPSA) is 75.3 Å². The Morgan fingerprint density at radius 1 is 1.13 bits per heavy atom. The van der Waals surface area contributed by atoms with Crippen LogP contribution in [0.1, 0.15) is 36.1 Å². The second-order valence-corrected chi connectivity index (χ2v) is 8.31. The molecule has 1 saturated carbocycles. The molecule has 3 aromatic rings. The molecule has 30 heavy (non-hydrogen) atoms. The molecule has 2 aromatic heterocycles. The van der Waals surface area contributed by atoms with E-state index in [2.05, 4.69) is 31.2 Å². The van der Waals surface area contributed by atoms with E-state index >= 15 is 0 Å². The van der Waals surface area contributed by atoms with E-state index in [0.29, 0.717) is 31.5 Å². The van der Waals surface area contributed by atoms with Crippen molar-refractivity contribution < 1.29 is 13.9 Å². The number of aromatic amines is 1. The number of anilines is 1. The van der Waals surface area contributed by atoms with Crippen LogP contribution in [-0.4, -0.2) is 58.8 Å². The quantitative estimate of drug-likeness (QED) is 0.689. The first kappa shape index (κ1) is 18.1. The van der Waals surface area contributed by atoms with Crippen LogP contribution < -0.4 is 10.1 Å². The van der Waals surface area contributed by atoms with Gasteiger partial charge in [-0.1, -0.05) is 6.07 Å². The van der Waals surface area contributed by atoms with E-state index in [9.17, 15) is 4.39 Å². The van der Waals surface area contributed by atoms with Gasteiger partial charge in [0, 0.05) is 30.4 Å². The first-order valence-electron chi connectivity index (χ1n) is 10.6. The molecule has 2 N–H and O–H groups in total. The molecule has 0 radical (unpaired) electrons. The minimum atomic E-state index is -0.290. The number of nitrogens with one attached hydrogen (secondary N) is 2. The summed E-state index contributed by atoms with van der Waals surface area (Å²) in [6, 6.07) is 6.97. The molecule has 4 heterocycles. The third kappa shape index (κ3) is 3.20. The van der Waals surface area contributed by atoms with Gasteiger partial charge in [0.05, 0.1) is 30.7 Å². The van der Waals surface area contributed by atoms with Gasteiger partial charge in [0.25, 0.3) is 0 Å². The molecule has 2 fully saturated rings. The maximum Gasteiger partial charge on any atom is 0.143 e. The zero-order valence-corrected chi connectivity index (χ0v) is 16.6. The molecule has 2 atom stereocenters. The highest BCUT2D eigenvalue weighted by Crippen LogP contribution is 2.42. The molecule has 0 unspecified atom stereocenters. The van der Waals surface area contributed by atoms with Gasteiger partial charge in [-0.15, -0.1) is 0 Å². The number of morpholine rings is 1. The molecule has 1 saturated heterocycles. The Balaban J connectivity index is 1.39. The summed E-state index contributed by atoms with van der Waals surface area (Å²) >= 11 is 0. The molecule has 6 rings (SSSR count). The van der Waals surface area contributed by atoms with Crippen LogP contribution in [-0.2, 0) is 4.74 Å². The zero-order valence-electron chi connectivity index (χ0n) is 16.6. The summed E-state index contributed by atoms with van der Waals surface area (Å²) in [5.41, 5.74) is 3.03. The smallest absolute Gasteiger partial charge is 0.143 e. The van der Waals surface area contributed by atoms with E-state index in [1.54, 1.807) is 6.33 Å². The van der Waals surface area contributed by atoms with E-state index in [-0.39, 0.29) is 17.9 Å². The minimum absolute atomic E-state index is 0.0789. The largest absolute Gasteiger partial charge is 0.491 e. The maximum atomic E-state index is 13.8. The highest BCUT2D eigenvalue weighted by molar-refractivity contribution is 5.88. The molecular formula is C22H24FN5O2. The van der Waals surface area contributed by atoms with Gasteiger partial charge in [0.15, 0.2) is 0 Å². The zero-order chi connectivity index (χ0) is 20.1. The Morgan fingerprint density at radius 2 is 2.00 bits per heavy atom. The van der Waals surface area contributed by atoms with Gasteiger partial charge in [-0.25, -0.2) is 14.4 Å². The normalized spacial score (nSPS) is 24.4. The number of aromatic nitrogens is 3. The summed E-state index contributed by atoms with van der Waals surface area (Å²) < 4.78 is 25.3. The first-order valence-corrected chi connectivity index (χ1v) is 10.6. The number of nitrogens with zero attached hydrogens (tertiary/aromatic N) is 3. The fraction of sp³-hybridized carbons (Fsp3) is 0.455. The lowest BCUT2D eigenvalue weighted by atomic mass is 9.94. The number of H-pyrrole nitrogens is 1. The van der Waals surface area contributed by atoms with Gasteiger partial charge in [-0.05, 0) is 30.9 Å². The van der Waals surface area contributed by atoms with Gasteiger partial charge in [0.1, 0.15) is 36.0 Å². The number of fused-ring (bicyclic) bond motifs is 2. The molecule has 156 valence electrons. The molecular weight excluding hydrogens is 385 g/mol. The molecule has 1 aromatic carbocycles. The number of halogens is 1. The third-order valence-electron chi connectivity index (χ3n) is 6.38. The van der Waals surface area contributed by atoms with E-state index in [1.165, 1.54) is 30.7 Å². The number of rotatable bonds is 4. The second-order valence-electron chi connectivity index (χ2n) is 8.31. The van der Waals surface area contributed by atoms with Crippen LogP contribution in [0.25, 0.3) is 11.0 Å². The number of ether oxygens (including phenoxy) is 2. The predicted octanol–water partition coefficient (Wildman–Crippen LogP) is 3.22. The summed E-state index contributed by atoms with van der Waals surface area (Å²) in [6.45, 7) is 3.60. The lowest BCUT2D eigenvalue weighted by Crippen LogP contribution is -2.52. The molecule has 0 amide bonds. The van der Waals surface area contributed by atoms with Gasteiger partial charge in [-0.2, -0.15) is 0 Å². The third-order valence-corrected chi connectivity index (χ3v) is 6.38. The molecule has 7 nitrogen and oxygen atoms in total. The Morgan fingerprint density at radius 3 is 2.83 bits per heavy atom. The van der Waals surface area contributed by atoms with Crippen molar-refractivity contribution in [2.75, 3.05) is 38.2 Å². The monoisotopic (exact) mass is 409 g/mol. The Hall–Kier alpha value is -2.71. The van der Waals surface area contributed by atoms with Crippen LogP contribution in [0.5, 0.6) is 5.75 Å². The van der Waals surface area contributed by atoms with Crippen molar-refractivity contribution >= 4 is 16.9 Å². The highest BCUT2D eigenvalue weighted by atomic mass is 19.1. The molecule has 1 aliphatic carbocycles. The van der Waals surface area contributed by atoms with Crippen molar-refractivity contribution in [3.05, 3.63) is 47.7 Å². The van der Waals surface area contributed by atoms with Crippen LogP contribution in [0.3, 0.4) is 0 Å². The maximum absolute atomic E-state index is 13.8. The first-order chi connectivity index (χ1) is 14.8. The van der Waals surface area contributed by atoms with Crippen LogP contribution in [0.2, 0.25) is 0 Å². The second kappa shape index (κ2) is 7.21. The van der Waals surface area contributed by atoms with Gasteiger partial charge >= 0.3 is 0 Å². The van der Waals surface area contributed by atoms with Gasteiger partial charge in [0.2, 0.25) is 0 Å². The van der Waals surface area contributed by atoms with Gasteiger partial charge in [-0.3, -0.25) is 4.90 Å². The van der Waals surface area contributed by atoms with Crippen molar-refractivity contribution in [1.82, 2.24) is 19.9 Å². The van der Waals surface area contributed by atoms with Gasteiger partial charge < -0.3 is 19.8 Å². The van der Waals surface area contributed by atoms with E-state index < -0.39 is 0 Å². The van der Waals surface area contributed by atoms with E-state index in [1.807, 2.05) is 6.07 Å². The van der Waals surface area contributed by atoms with Crippen LogP contribution in [0, 0.1) is 5.82 Å². The predicted molar refractivity (Wildman–Crippen MR) is 110 cm³/mol. The standard InChI is InChI=1S/C22H24FN5O2/c23-14-3-4-15-19(9-14)30-11-18(28-5-7-29-8-6-28)20(15)27-22-16-10-17(13-1-2-13)26-21(16)24-12-25-22/h3-4,9-10,12-13,18,20H,1-2,5-8,11H2,(H2,24,25,26,27)/t18-,20-/m1/s1. The van der Waals surface area contributed by atoms with Crippen molar-refractivity contribution in [2.45, 2.75) is 30.8 Å². The fourth-order valence-electron chi connectivity index (χ4n) is 4.60. The van der Waals surface area contributed by atoms with Crippen molar-refractivity contribution in [1.29, 1.82) is 0 Å². The van der Waals surface area contributed by atoms with Crippen LogP contribution >= 0.6 is 0 Å². The summed E-state index contributed by atoms with van der Waals surface area (Å²) in [4.78, 5) is 14.8. The van der Waals surface area contributed by atoms with Crippen molar-refractivity contribution in [3.8, 4) is 5.75 Å². The van der Waals surface area contributed by atoms with Crippen molar-refractivity contribution in [2.24, 2.45) is 0 Å². The lowest BCUT2D eigenvalue weighted by molar-refractivity contribution is -0.00347. The fourth-order valence-corrected chi connectivity index (χ4v) is 4.60. The summed E-state index contributed by atoms with van der Waals surface area (Å²) in [7, 11) is 0. The van der Waals surface area contributed by atoms with Crippen LogP contribution in [0.4, 0.5) is 10.2 Å². The average Bonchev–Trinajstić information content (AvgIpc) is 3.53. The molecule has 0 spiro atoms. The van der Waals surface area contributed by atoms with Crippen molar-refractivity contribution in [3.63, 3.8) is 0 Å². The Labute approximate surface area is 173 Å². The summed E-state index contributed by atoms with van der Waals surface area (Å²) in [6.07, 6.45) is 4.04. The lowest BCUT2D eigenvalue weighted by Gasteiger charge is -2.42. The van der Waals surface area contributed by atoms with E-state index in [4.69, 9.17) is 9.47 Å².